The standard InChI is InChI=1S/C12H21NO2/c1-2-15-11(14)10-5-8-12(9-13-10)6-3-4-7-12/h10,13H,2-9H2,1H3. The summed E-state index contributed by atoms with van der Waals surface area (Å²) in [4.78, 5) is 11.5. The number of piperidine rings is 1. The number of ether oxygens (including phenoxy) is 1. The minimum Gasteiger partial charge on any atom is -0.465 e. The Hall–Kier alpha value is -0.570. The predicted molar refractivity (Wildman–Crippen MR) is 58.6 cm³/mol. The molecule has 1 saturated carbocycles. The fourth-order valence-corrected chi connectivity index (χ4v) is 2.98. The molecular weight excluding hydrogens is 190 g/mol. The van der Waals surface area contributed by atoms with Gasteiger partial charge < -0.3 is 10.1 Å². The maximum absolute atomic E-state index is 11.5. The highest BCUT2D eigenvalue weighted by Gasteiger charge is 2.39. The average Bonchev–Trinajstić information content (AvgIpc) is 2.68. The molecule has 0 aromatic carbocycles. The number of carbonyl (C=O) groups excluding carboxylic acids is 1. The molecule has 1 saturated heterocycles. The lowest BCUT2D eigenvalue weighted by Crippen LogP contribution is -2.48. The molecule has 2 fully saturated rings. The van der Waals surface area contributed by atoms with Crippen LogP contribution in [0.3, 0.4) is 0 Å². The second-order valence-corrected chi connectivity index (χ2v) is 4.93. The second kappa shape index (κ2) is 4.52. The van der Waals surface area contributed by atoms with Crippen molar-refractivity contribution in [2.45, 2.75) is 51.5 Å². The molecule has 1 aliphatic heterocycles. The molecule has 0 aromatic rings. The van der Waals surface area contributed by atoms with Gasteiger partial charge in [0.25, 0.3) is 0 Å². The maximum atomic E-state index is 11.5. The van der Waals surface area contributed by atoms with Crippen molar-refractivity contribution in [2.24, 2.45) is 5.41 Å². The lowest BCUT2D eigenvalue weighted by molar-refractivity contribution is -0.146. The van der Waals surface area contributed by atoms with E-state index in [1.54, 1.807) is 0 Å². The molecular formula is C12H21NO2. The van der Waals surface area contributed by atoms with Crippen molar-refractivity contribution in [2.75, 3.05) is 13.2 Å². The smallest absolute Gasteiger partial charge is 0.323 e. The molecule has 1 heterocycles. The molecule has 3 nitrogen and oxygen atoms in total. The third-order valence-corrected chi connectivity index (χ3v) is 3.92. The van der Waals surface area contributed by atoms with Crippen LogP contribution < -0.4 is 5.32 Å². The highest BCUT2D eigenvalue weighted by atomic mass is 16.5. The van der Waals surface area contributed by atoms with E-state index in [1.807, 2.05) is 6.92 Å². The summed E-state index contributed by atoms with van der Waals surface area (Å²) >= 11 is 0. The Balaban J connectivity index is 1.83. The van der Waals surface area contributed by atoms with Crippen LogP contribution >= 0.6 is 0 Å². The summed E-state index contributed by atoms with van der Waals surface area (Å²) in [6, 6.07) is -0.0452. The Labute approximate surface area is 91.6 Å². The Morgan fingerprint density at radius 1 is 1.40 bits per heavy atom. The second-order valence-electron chi connectivity index (χ2n) is 4.93. The highest BCUT2D eigenvalue weighted by molar-refractivity contribution is 5.75. The van der Waals surface area contributed by atoms with Gasteiger partial charge in [0.15, 0.2) is 0 Å². The van der Waals surface area contributed by atoms with Gasteiger partial charge in [-0.2, -0.15) is 0 Å². The van der Waals surface area contributed by atoms with Crippen LogP contribution in [-0.4, -0.2) is 25.2 Å². The summed E-state index contributed by atoms with van der Waals surface area (Å²) in [6.45, 7) is 3.36. The molecule has 0 amide bonds. The molecule has 15 heavy (non-hydrogen) atoms. The molecule has 1 unspecified atom stereocenters. The van der Waals surface area contributed by atoms with Gasteiger partial charge in [0.2, 0.25) is 0 Å². The van der Waals surface area contributed by atoms with Gasteiger partial charge in [-0.25, -0.2) is 0 Å². The molecule has 1 aliphatic carbocycles. The van der Waals surface area contributed by atoms with Crippen LogP contribution in [0.5, 0.6) is 0 Å². The molecule has 1 spiro atoms. The summed E-state index contributed by atoms with van der Waals surface area (Å²) < 4.78 is 5.03. The molecule has 2 aliphatic rings. The number of esters is 1. The first kappa shape index (κ1) is 10.9. The molecule has 86 valence electrons. The van der Waals surface area contributed by atoms with Crippen LogP contribution in [0.25, 0.3) is 0 Å². The topological polar surface area (TPSA) is 38.3 Å². The van der Waals surface area contributed by atoms with Crippen molar-refractivity contribution in [3.8, 4) is 0 Å². The van der Waals surface area contributed by atoms with Crippen LogP contribution in [0.15, 0.2) is 0 Å². The maximum Gasteiger partial charge on any atom is 0.323 e. The number of hydrogen-bond acceptors (Lipinski definition) is 3. The Kier molecular flexibility index (Phi) is 3.29. The first-order valence-electron chi connectivity index (χ1n) is 6.16. The van der Waals surface area contributed by atoms with E-state index in [9.17, 15) is 4.79 Å². The van der Waals surface area contributed by atoms with E-state index < -0.39 is 0 Å². The molecule has 0 bridgehead atoms. The minimum atomic E-state index is -0.0645. The fourth-order valence-electron chi connectivity index (χ4n) is 2.98. The summed E-state index contributed by atoms with van der Waals surface area (Å²) in [5.41, 5.74) is 0.517. The van der Waals surface area contributed by atoms with E-state index in [2.05, 4.69) is 5.32 Å². The quantitative estimate of drug-likeness (QED) is 0.709. The summed E-state index contributed by atoms with van der Waals surface area (Å²) in [5.74, 6) is -0.0645. The van der Waals surface area contributed by atoms with E-state index in [-0.39, 0.29) is 12.0 Å². The van der Waals surface area contributed by atoms with Gasteiger partial charge >= 0.3 is 5.97 Å². The lowest BCUT2D eigenvalue weighted by atomic mass is 9.77. The number of carbonyl (C=O) groups is 1. The Morgan fingerprint density at radius 3 is 2.67 bits per heavy atom. The Bertz CT molecular complexity index is 224. The minimum absolute atomic E-state index is 0.0452. The fraction of sp³-hybridized carbons (Fsp3) is 0.917. The monoisotopic (exact) mass is 211 g/mol. The summed E-state index contributed by atoms with van der Waals surface area (Å²) in [7, 11) is 0. The van der Waals surface area contributed by atoms with Gasteiger partial charge in [0.05, 0.1) is 6.61 Å². The SMILES string of the molecule is CCOC(=O)C1CCC2(CCCC2)CN1. The normalized spacial score (nSPS) is 29.3. The van der Waals surface area contributed by atoms with Crippen molar-refractivity contribution < 1.29 is 9.53 Å². The lowest BCUT2D eigenvalue weighted by Gasteiger charge is -2.37. The molecule has 3 heteroatoms. The van der Waals surface area contributed by atoms with Crippen LogP contribution in [0.2, 0.25) is 0 Å². The number of rotatable bonds is 2. The third-order valence-electron chi connectivity index (χ3n) is 3.92. The van der Waals surface area contributed by atoms with E-state index in [4.69, 9.17) is 4.74 Å². The average molecular weight is 211 g/mol. The van der Waals surface area contributed by atoms with E-state index in [0.717, 1.165) is 13.0 Å². The van der Waals surface area contributed by atoms with E-state index >= 15 is 0 Å². The van der Waals surface area contributed by atoms with E-state index in [0.29, 0.717) is 12.0 Å². The van der Waals surface area contributed by atoms with Crippen LogP contribution in [0.4, 0.5) is 0 Å². The largest absolute Gasteiger partial charge is 0.465 e. The number of nitrogens with one attached hydrogen (secondary N) is 1. The zero-order valence-electron chi connectivity index (χ0n) is 9.55. The summed E-state index contributed by atoms with van der Waals surface area (Å²) in [5, 5.41) is 3.36. The summed E-state index contributed by atoms with van der Waals surface area (Å²) in [6.07, 6.45) is 7.57. The van der Waals surface area contributed by atoms with Crippen molar-refractivity contribution in [3.05, 3.63) is 0 Å². The molecule has 0 aromatic heterocycles. The van der Waals surface area contributed by atoms with Crippen molar-refractivity contribution in [3.63, 3.8) is 0 Å². The predicted octanol–water partition coefficient (Wildman–Crippen LogP) is 1.86. The van der Waals surface area contributed by atoms with Gasteiger partial charge in [-0.05, 0) is 38.0 Å². The zero-order valence-corrected chi connectivity index (χ0v) is 9.55. The highest BCUT2D eigenvalue weighted by Crippen LogP contribution is 2.43. The van der Waals surface area contributed by atoms with Gasteiger partial charge in [-0.3, -0.25) is 4.79 Å². The van der Waals surface area contributed by atoms with Crippen molar-refractivity contribution >= 4 is 5.97 Å². The molecule has 1 N–H and O–H groups in total. The first-order chi connectivity index (χ1) is 7.26. The van der Waals surface area contributed by atoms with Crippen LogP contribution in [0.1, 0.15) is 45.4 Å². The third kappa shape index (κ3) is 2.33. The molecule has 1 atom stereocenters. The molecule has 2 rings (SSSR count). The van der Waals surface area contributed by atoms with Gasteiger partial charge in [-0.1, -0.05) is 12.8 Å². The Morgan fingerprint density at radius 2 is 2.13 bits per heavy atom. The van der Waals surface area contributed by atoms with Crippen molar-refractivity contribution in [1.29, 1.82) is 0 Å². The molecule has 0 radical (unpaired) electrons. The number of hydrogen-bond donors (Lipinski definition) is 1. The van der Waals surface area contributed by atoms with E-state index in [1.165, 1.54) is 32.1 Å². The van der Waals surface area contributed by atoms with Crippen LogP contribution in [0, 0.1) is 5.41 Å². The van der Waals surface area contributed by atoms with Gasteiger partial charge in [0, 0.05) is 6.54 Å². The van der Waals surface area contributed by atoms with Gasteiger partial charge in [-0.15, -0.1) is 0 Å². The van der Waals surface area contributed by atoms with Gasteiger partial charge in [0.1, 0.15) is 6.04 Å². The zero-order chi connectivity index (χ0) is 10.7. The van der Waals surface area contributed by atoms with Crippen molar-refractivity contribution in [1.82, 2.24) is 5.32 Å². The van der Waals surface area contributed by atoms with Crippen LogP contribution in [-0.2, 0) is 9.53 Å². The first-order valence-corrected chi connectivity index (χ1v) is 6.16.